The van der Waals surface area contributed by atoms with E-state index in [1.54, 1.807) is 0 Å². The molecule has 0 spiro atoms. The molecule has 6 unspecified atom stereocenters. The predicted octanol–water partition coefficient (Wildman–Crippen LogP) is 13.4. The number of ether oxygens (including phenoxy) is 4. The van der Waals surface area contributed by atoms with Crippen LogP contribution in [0.1, 0.15) is 264 Å². The lowest BCUT2D eigenvalue weighted by Crippen LogP contribution is -2.60. The van der Waals surface area contributed by atoms with Gasteiger partial charge in [0.15, 0.2) is 6.29 Å². The Labute approximate surface area is 410 Å². The fraction of sp³-hybridized carbons (Fsp3) is 0.944. The van der Waals surface area contributed by atoms with Crippen LogP contribution in [-0.2, 0) is 38.3 Å². The van der Waals surface area contributed by atoms with Crippen LogP contribution in [0, 0.1) is 0 Å². The molecule has 398 valence electrons. The minimum atomic E-state index is -5.06. The maximum Gasteiger partial charge on any atom is 0.397 e. The minimum Gasteiger partial charge on any atom is -0.457 e. The Kier molecular flexibility index (Phi) is 43.8. The maximum absolute atomic E-state index is 12.9. The molecule has 0 aromatic carbocycles. The summed E-state index contributed by atoms with van der Waals surface area (Å²) in [5, 5.41) is 30.8. The summed E-state index contributed by atoms with van der Waals surface area (Å²) in [5.41, 5.74) is 0. The zero-order valence-electron chi connectivity index (χ0n) is 43.0. The van der Waals surface area contributed by atoms with Crippen molar-refractivity contribution in [3.8, 4) is 0 Å². The van der Waals surface area contributed by atoms with Crippen molar-refractivity contribution in [1.29, 1.82) is 0 Å². The molecule has 1 fully saturated rings. The van der Waals surface area contributed by atoms with Crippen LogP contribution in [0.2, 0.25) is 0 Å². The van der Waals surface area contributed by atoms with Gasteiger partial charge in [-0.15, -0.1) is 0 Å². The molecule has 1 aliphatic rings. The number of aliphatic hydroxyl groups excluding tert-OH is 3. The summed E-state index contributed by atoms with van der Waals surface area (Å²) in [7, 11) is -5.06. The van der Waals surface area contributed by atoms with Gasteiger partial charge in [-0.05, 0) is 38.5 Å². The Morgan fingerprint density at radius 3 is 1.34 bits per heavy atom. The van der Waals surface area contributed by atoms with Crippen molar-refractivity contribution in [2.75, 3.05) is 26.4 Å². The lowest BCUT2D eigenvalue weighted by Gasteiger charge is -2.41. The quantitative estimate of drug-likeness (QED) is 0.0197. The van der Waals surface area contributed by atoms with Gasteiger partial charge in [0.05, 0.1) is 19.8 Å². The summed E-state index contributed by atoms with van der Waals surface area (Å²) in [4.78, 5) is 12.9. The average Bonchev–Trinajstić information content (AvgIpc) is 3.30. The van der Waals surface area contributed by atoms with Crippen LogP contribution in [-0.4, -0.2) is 97.5 Å². The Morgan fingerprint density at radius 1 is 0.552 bits per heavy atom. The van der Waals surface area contributed by atoms with Crippen molar-refractivity contribution in [3.05, 3.63) is 12.2 Å². The van der Waals surface area contributed by atoms with E-state index in [1.807, 2.05) is 0 Å². The van der Waals surface area contributed by atoms with E-state index in [4.69, 9.17) is 18.9 Å². The number of unbranched alkanes of at least 4 members (excludes halogenated alkanes) is 35. The van der Waals surface area contributed by atoms with E-state index in [0.29, 0.717) is 13.0 Å². The normalized spacial score (nSPS) is 19.4. The molecule has 0 aliphatic carbocycles. The molecule has 13 heteroatoms. The van der Waals surface area contributed by atoms with Crippen molar-refractivity contribution < 1.29 is 56.2 Å². The third kappa shape index (κ3) is 39.2. The van der Waals surface area contributed by atoms with Gasteiger partial charge in [-0.2, -0.15) is 8.42 Å². The van der Waals surface area contributed by atoms with Gasteiger partial charge >= 0.3 is 16.4 Å². The van der Waals surface area contributed by atoms with E-state index in [2.05, 4.69) is 30.2 Å². The molecule has 0 amide bonds. The van der Waals surface area contributed by atoms with Crippen LogP contribution in [0.15, 0.2) is 12.2 Å². The van der Waals surface area contributed by atoms with Crippen molar-refractivity contribution in [3.63, 3.8) is 0 Å². The van der Waals surface area contributed by atoms with Gasteiger partial charge < -0.3 is 34.3 Å². The smallest absolute Gasteiger partial charge is 0.397 e. The second kappa shape index (κ2) is 45.9. The fourth-order valence-electron chi connectivity index (χ4n) is 8.91. The van der Waals surface area contributed by atoms with Gasteiger partial charge in [0.1, 0.15) is 30.5 Å². The zero-order chi connectivity index (χ0) is 48.9. The van der Waals surface area contributed by atoms with Gasteiger partial charge in [0.2, 0.25) is 0 Å². The summed E-state index contributed by atoms with van der Waals surface area (Å²) < 4.78 is 59.4. The molecule has 0 radical (unpaired) electrons. The number of carbonyl (C=O) groups is 1. The number of hydrogen-bond acceptors (Lipinski definition) is 11. The standard InChI is InChI=1S/C54H104O12S/c1-3-5-7-9-11-13-15-17-19-21-23-24-25-26-27-29-31-33-35-37-39-41-43-50(56)64-48(47-63-54-52(58)53(66-67(59,60)61)51(57)49(45-55)65-54)46-62-44-42-40-38-36-34-32-30-28-22-20-18-16-14-12-10-8-6-4-2/h18,20,48-49,51-55,57-58H,3-17,19,21-47H2,1-2H3,(H,59,60,61)/b20-18-. The Bertz CT molecular complexity index is 1220. The van der Waals surface area contributed by atoms with Gasteiger partial charge in [-0.1, -0.05) is 231 Å². The zero-order valence-corrected chi connectivity index (χ0v) is 43.8. The molecule has 1 rings (SSSR count). The van der Waals surface area contributed by atoms with E-state index in [1.165, 1.54) is 199 Å². The second-order valence-corrected chi connectivity index (χ2v) is 20.6. The fourth-order valence-corrected chi connectivity index (χ4v) is 9.41. The summed E-state index contributed by atoms with van der Waals surface area (Å²) in [6.07, 6.45) is 43.9. The van der Waals surface area contributed by atoms with Crippen LogP contribution in [0.4, 0.5) is 0 Å². The lowest BCUT2D eigenvalue weighted by atomic mass is 9.99. The monoisotopic (exact) mass is 977 g/mol. The van der Waals surface area contributed by atoms with Crippen LogP contribution in [0.3, 0.4) is 0 Å². The molecule has 0 aromatic rings. The molecule has 1 saturated heterocycles. The third-order valence-electron chi connectivity index (χ3n) is 13.1. The first-order valence-electron chi connectivity index (χ1n) is 27.9. The summed E-state index contributed by atoms with van der Waals surface area (Å²) in [5.74, 6) is -0.393. The van der Waals surface area contributed by atoms with Crippen LogP contribution in [0.25, 0.3) is 0 Å². The summed E-state index contributed by atoms with van der Waals surface area (Å²) in [6, 6.07) is 0. The molecule has 67 heavy (non-hydrogen) atoms. The average molecular weight is 977 g/mol. The van der Waals surface area contributed by atoms with E-state index < -0.39 is 59.8 Å². The third-order valence-corrected chi connectivity index (χ3v) is 13.6. The highest BCUT2D eigenvalue weighted by Gasteiger charge is 2.48. The Hall–Kier alpha value is -1.16. The van der Waals surface area contributed by atoms with Crippen molar-refractivity contribution in [2.45, 2.75) is 301 Å². The van der Waals surface area contributed by atoms with Crippen molar-refractivity contribution in [2.24, 2.45) is 0 Å². The molecule has 1 aliphatic heterocycles. The van der Waals surface area contributed by atoms with Crippen LogP contribution in [0.5, 0.6) is 0 Å². The highest BCUT2D eigenvalue weighted by molar-refractivity contribution is 7.80. The van der Waals surface area contributed by atoms with E-state index >= 15 is 0 Å². The van der Waals surface area contributed by atoms with E-state index in [-0.39, 0.29) is 19.6 Å². The SMILES string of the molecule is CCCCCCCC/C=C\CCCCCCCCCCOCC(COC1OC(CO)C(O)C(OS(=O)(=O)O)C1O)OC(=O)CCCCCCCCCCCCCCCCCCCCCCCC. The molecule has 0 saturated carbocycles. The molecule has 0 bridgehead atoms. The summed E-state index contributed by atoms with van der Waals surface area (Å²) in [6.45, 7) is 4.04. The number of rotatable bonds is 50. The number of hydrogen-bond donors (Lipinski definition) is 4. The summed E-state index contributed by atoms with van der Waals surface area (Å²) >= 11 is 0. The Morgan fingerprint density at radius 2 is 0.940 bits per heavy atom. The number of carbonyl (C=O) groups excluding carboxylic acids is 1. The Balaban J connectivity index is 2.30. The maximum atomic E-state index is 12.9. The highest BCUT2D eigenvalue weighted by Crippen LogP contribution is 2.26. The van der Waals surface area contributed by atoms with Gasteiger partial charge in [0, 0.05) is 13.0 Å². The van der Waals surface area contributed by atoms with E-state index in [0.717, 1.165) is 38.5 Å². The molecular weight excluding hydrogens is 873 g/mol. The lowest BCUT2D eigenvalue weighted by molar-refractivity contribution is -0.301. The molecule has 0 aromatic heterocycles. The first-order valence-corrected chi connectivity index (χ1v) is 29.3. The highest BCUT2D eigenvalue weighted by atomic mass is 32.3. The first-order chi connectivity index (χ1) is 32.6. The number of esters is 1. The van der Waals surface area contributed by atoms with Gasteiger partial charge in [-0.3, -0.25) is 9.35 Å². The first kappa shape index (κ1) is 63.9. The minimum absolute atomic E-state index is 0.0400. The van der Waals surface area contributed by atoms with Crippen LogP contribution >= 0.6 is 0 Å². The molecule has 1 heterocycles. The predicted molar refractivity (Wildman–Crippen MR) is 271 cm³/mol. The molecular formula is C54H104O12S. The second-order valence-electron chi connectivity index (χ2n) is 19.5. The number of allylic oxidation sites excluding steroid dienone is 2. The van der Waals surface area contributed by atoms with Crippen molar-refractivity contribution >= 4 is 16.4 Å². The molecule has 6 atom stereocenters. The topological polar surface area (TPSA) is 178 Å². The van der Waals surface area contributed by atoms with Gasteiger partial charge in [0.25, 0.3) is 0 Å². The van der Waals surface area contributed by atoms with Gasteiger partial charge in [-0.25, -0.2) is 4.18 Å². The molecule has 4 N–H and O–H groups in total. The molecule has 12 nitrogen and oxygen atoms in total. The van der Waals surface area contributed by atoms with E-state index in [9.17, 15) is 33.1 Å². The number of aliphatic hydroxyl groups is 3. The van der Waals surface area contributed by atoms with Crippen molar-refractivity contribution in [1.82, 2.24) is 0 Å². The van der Waals surface area contributed by atoms with Crippen LogP contribution < -0.4 is 0 Å². The largest absolute Gasteiger partial charge is 0.457 e.